The van der Waals surface area contributed by atoms with Crippen LogP contribution < -0.4 is 4.74 Å². The number of nitriles is 1. The van der Waals surface area contributed by atoms with Gasteiger partial charge in [0, 0.05) is 5.56 Å². The molecular formula is C20H12Br2N2O5S. The maximum absolute atomic E-state index is 12.3. The fraction of sp³-hybridized carbons (Fsp3) is 0.100. The van der Waals surface area contributed by atoms with Gasteiger partial charge in [-0.1, -0.05) is 18.2 Å². The number of amides is 2. The largest absolute Gasteiger partial charge is 0.486 e. The number of thioether (sulfide) groups is 1. The molecule has 0 spiro atoms. The van der Waals surface area contributed by atoms with E-state index < -0.39 is 23.7 Å². The van der Waals surface area contributed by atoms with Crippen molar-refractivity contribution in [3.8, 4) is 11.8 Å². The molecule has 30 heavy (non-hydrogen) atoms. The standard InChI is InChI=1S/C20H12Br2N2O5S/c21-14-5-11(7-16-19(27)24(9-17(25)26)20(28)30-16)6-15(22)18(14)29-10-13-4-2-1-3-12(13)8-23/h1-7H,9-10H2,(H,25,26)/b16-7+. The number of hydrogen-bond acceptors (Lipinski definition) is 6. The van der Waals surface area contributed by atoms with Crippen molar-refractivity contribution in [3.63, 3.8) is 0 Å². The quantitative estimate of drug-likeness (QED) is 0.514. The van der Waals surface area contributed by atoms with Crippen LogP contribution >= 0.6 is 43.6 Å². The average molecular weight is 552 g/mol. The van der Waals surface area contributed by atoms with Crippen molar-refractivity contribution < 1.29 is 24.2 Å². The number of halogens is 2. The summed E-state index contributed by atoms with van der Waals surface area (Å²) in [5, 5.41) is 17.4. The molecule has 3 rings (SSSR count). The highest BCUT2D eigenvalue weighted by Gasteiger charge is 2.36. The van der Waals surface area contributed by atoms with E-state index in [1.54, 1.807) is 24.3 Å². The van der Waals surface area contributed by atoms with E-state index in [1.807, 2.05) is 12.1 Å². The number of carboxylic acid groups (broad SMARTS) is 1. The average Bonchev–Trinajstić information content (AvgIpc) is 2.94. The fourth-order valence-corrected chi connectivity index (χ4v) is 4.92. The normalized spacial score (nSPS) is 14.8. The minimum atomic E-state index is -1.26. The summed E-state index contributed by atoms with van der Waals surface area (Å²) in [7, 11) is 0. The molecule has 1 N–H and O–H groups in total. The van der Waals surface area contributed by atoms with Gasteiger partial charge in [0.2, 0.25) is 0 Å². The number of carbonyl (C=O) groups excluding carboxylic acids is 2. The summed E-state index contributed by atoms with van der Waals surface area (Å²) in [4.78, 5) is 35.8. The zero-order chi connectivity index (χ0) is 21.8. The molecular weight excluding hydrogens is 540 g/mol. The molecule has 1 heterocycles. The van der Waals surface area contributed by atoms with E-state index in [9.17, 15) is 19.6 Å². The van der Waals surface area contributed by atoms with Gasteiger partial charge in [0.1, 0.15) is 18.9 Å². The van der Waals surface area contributed by atoms with E-state index in [0.29, 0.717) is 42.5 Å². The van der Waals surface area contributed by atoms with Gasteiger partial charge in [-0.3, -0.25) is 19.3 Å². The third-order valence-electron chi connectivity index (χ3n) is 4.00. The van der Waals surface area contributed by atoms with E-state index in [0.717, 1.165) is 5.56 Å². The van der Waals surface area contributed by atoms with Gasteiger partial charge in [-0.15, -0.1) is 0 Å². The number of benzene rings is 2. The zero-order valence-corrected chi connectivity index (χ0v) is 19.1. The van der Waals surface area contributed by atoms with E-state index in [1.165, 1.54) is 6.08 Å². The van der Waals surface area contributed by atoms with Crippen LogP contribution in [-0.2, 0) is 16.2 Å². The van der Waals surface area contributed by atoms with Gasteiger partial charge in [0.25, 0.3) is 11.1 Å². The molecule has 1 fully saturated rings. The van der Waals surface area contributed by atoms with E-state index in [-0.39, 0.29) is 11.5 Å². The lowest BCUT2D eigenvalue weighted by atomic mass is 10.1. The molecule has 2 aromatic rings. The Kier molecular flexibility index (Phi) is 6.97. The molecule has 1 saturated heterocycles. The summed E-state index contributed by atoms with van der Waals surface area (Å²) in [6.45, 7) is -0.485. The number of carboxylic acids is 1. The van der Waals surface area contributed by atoms with Crippen LogP contribution in [0.25, 0.3) is 6.08 Å². The summed E-state index contributed by atoms with van der Waals surface area (Å²) in [5.41, 5.74) is 1.88. The van der Waals surface area contributed by atoms with E-state index in [4.69, 9.17) is 9.84 Å². The summed E-state index contributed by atoms with van der Waals surface area (Å²) in [6.07, 6.45) is 1.51. The molecule has 1 aliphatic heterocycles. The summed E-state index contributed by atoms with van der Waals surface area (Å²) in [6, 6.07) is 12.7. The van der Waals surface area contributed by atoms with Crippen LogP contribution in [0.2, 0.25) is 0 Å². The maximum Gasteiger partial charge on any atom is 0.323 e. The first kappa shape index (κ1) is 22.1. The number of ether oxygens (including phenoxy) is 1. The lowest BCUT2D eigenvalue weighted by Crippen LogP contribution is -2.33. The molecule has 1 aliphatic rings. The van der Waals surface area contributed by atoms with E-state index in [2.05, 4.69) is 37.9 Å². The molecule has 10 heteroatoms. The molecule has 152 valence electrons. The van der Waals surface area contributed by atoms with E-state index >= 15 is 0 Å². The van der Waals surface area contributed by atoms with Crippen LogP contribution in [0.4, 0.5) is 4.79 Å². The van der Waals surface area contributed by atoms with Crippen molar-refractivity contribution in [1.82, 2.24) is 4.90 Å². The SMILES string of the molecule is N#Cc1ccccc1COc1c(Br)cc(/C=C2/SC(=O)N(CC(=O)O)C2=O)cc1Br. The number of rotatable bonds is 6. The lowest BCUT2D eigenvalue weighted by molar-refractivity contribution is -0.140. The van der Waals surface area contributed by atoms with Gasteiger partial charge >= 0.3 is 5.97 Å². The second-order valence-electron chi connectivity index (χ2n) is 6.03. The Labute approximate surface area is 192 Å². The smallest absolute Gasteiger partial charge is 0.323 e. The molecule has 0 bridgehead atoms. The van der Waals surface area contributed by atoms with Crippen LogP contribution in [0.5, 0.6) is 5.75 Å². The number of hydrogen-bond donors (Lipinski definition) is 1. The van der Waals surface area contributed by atoms with Crippen LogP contribution in [-0.4, -0.2) is 33.7 Å². The van der Waals surface area contributed by atoms with Crippen LogP contribution in [0, 0.1) is 11.3 Å². The molecule has 0 aromatic heterocycles. The van der Waals surface area contributed by atoms with Gasteiger partial charge in [0.05, 0.1) is 25.5 Å². The first-order valence-electron chi connectivity index (χ1n) is 8.37. The lowest BCUT2D eigenvalue weighted by Gasteiger charge is -2.12. The third-order valence-corrected chi connectivity index (χ3v) is 6.08. The first-order chi connectivity index (χ1) is 14.3. The van der Waals surface area contributed by atoms with Gasteiger partial charge in [-0.2, -0.15) is 5.26 Å². The third kappa shape index (κ3) is 4.92. The molecule has 2 aromatic carbocycles. The summed E-state index contributed by atoms with van der Waals surface area (Å²) in [5.74, 6) is -1.39. The predicted molar refractivity (Wildman–Crippen MR) is 118 cm³/mol. The Bertz CT molecular complexity index is 1100. The summed E-state index contributed by atoms with van der Waals surface area (Å²) < 4.78 is 7.05. The van der Waals surface area contributed by atoms with Crippen molar-refractivity contribution in [2.45, 2.75) is 6.61 Å². The first-order valence-corrected chi connectivity index (χ1v) is 10.8. The molecule has 7 nitrogen and oxygen atoms in total. The number of nitrogens with zero attached hydrogens (tertiary/aromatic N) is 2. The van der Waals surface area contributed by atoms with Crippen LogP contribution in [0.1, 0.15) is 16.7 Å². The molecule has 2 amide bonds. The Morgan fingerprint density at radius 2 is 1.90 bits per heavy atom. The number of aliphatic carboxylic acids is 1. The molecule has 0 aliphatic carbocycles. The minimum absolute atomic E-state index is 0.136. The van der Waals surface area contributed by atoms with Crippen molar-refractivity contribution in [2.75, 3.05) is 6.54 Å². The van der Waals surface area contributed by atoms with Crippen LogP contribution in [0.3, 0.4) is 0 Å². The van der Waals surface area contributed by atoms with Gasteiger partial charge in [0.15, 0.2) is 0 Å². The Hall–Kier alpha value is -2.61. The maximum atomic E-state index is 12.3. The highest BCUT2D eigenvalue weighted by Crippen LogP contribution is 2.38. The predicted octanol–water partition coefficient (Wildman–Crippen LogP) is 4.78. The minimum Gasteiger partial charge on any atom is -0.486 e. The molecule has 0 unspecified atom stereocenters. The second-order valence-corrected chi connectivity index (χ2v) is 8.73. The number of imide groups is 1. The Balaban J connectivity index is 1.80. The van der Waals surface area contributed by atoms with Gasteiger partial charge in [-0.05, 0) is 73.5 Å². The Morgan fingerprint density at radius 1 is 1.23 bits per heavy atom. The fourth-order valence-electron chi connectivity index (χ4n) is 2.63. The van der Waals surface area contributed by atoms with Crippen molar-refractivity contribution in [2.24, 2.45) is 0 Å². The highest BCUT2D eigenvalue weighted by atomic mass is 79.9. The molecule has 0 atom stereocenters. The monoisotopic (exact) mass is 550 g/mol. The van der Waals surface area contributed by atoms with Crippen LogP contribution in [0.15, 0.2) is 50.2 Å². The highest BCUT2D eigenvalue weighted by molar-refractivity contribution is 9.11. The van der Waals surface area contributed by atoms with Gasteiger partial charge in [-0.25, -0.2) is 0 Å². The van der Waals surface area contributed by atoms with Crippen molar-refractivity contribution >= 4 is 66.8 Å². The second kappa shape index (κ2) is 9.47. The van der Waals surface area contributed by atoms with Crippen molar-refractivity contribution in [3.05, 3.63) is 66.9 Å². The van der Waals surface area contributed by atoms with Gasteiger partial charge < -0.3 is 9.84 Å². The topological polar surface area (TPSA) is 108 Å². The summed E-state index contributed by atoms with van der Waals surface area (Å²) >= 11 is 7.55. The van der Waals surface area contributed by atoms with Crippen molar-refractivity contribution in [1.29, 1.82) is 5.26 Å². The molecule has 0 radical (unpaired) electrons. The number of carbonyl (C=O) groups is 3. The zero-order valence-electron chi connectivity index (χ0n) is 15.1. The Morgan fingerprint density at radius 3 is 2.53 bits per heavy atom. The molecule has 0 saturated carbocycles.